The minimum atomic E-state index is -5.18. The van der Waals surface area contributed by atoms with Crippen molar-refractivity contribution in [3.05, 3.63) is 41.5 Å². The van der Waals surface area contributed by atoms with Gasteiger partial charge in [-0.3, -0.25) is 13.7 Å². The molecule has 0 aliphatic heterocycles. The van der Waals surface area contributed by atoms with Gasteiger partial charge in [0.05, 0.1) is 0 Å². The molecule has 2 aromatic rings. The highest BCUT2D eigenvalue weighted by Crippen LogP contribution is 2.43. The molecule has 0 amide bonds. The first kappa shape index (κ1) is 23.1. The van der Waals surface area contributed by atoms with Gasteiger partial charge < -0.3 is 10.2 Å². The van der Waals surface area contributed by atoms with Gasteiger partial charge >= 0.3 is 0 Å². The van der Waals surface area contributed by atoms with E-state index < -0.39 is 67.5 Å². The second kappa shape index (κ2) is 6.93. The molecule has 160 valence electrons. The molecule has 11 nitrogen and oxygen atoms in total. The summed E-state index contributed by atoms with van der Waals surface area (Å²) >= 11 is 0. The molecule has 0 aromatic heterocycles. The third-order valence-corrected chi connectivity index (χ3v) is 6.80. The average molecular weight is 468 g/mol. The molecule has 0 aliphatic rings. The van der Waals surface area contributed by atoms with Crippen LogP contribution >= 0.6 is 0 Å². The van der Waals surface area contributed by atoms with Crippen molar-refractivity contribution in [2.75, 3.05) is 0 Å². The predicted molar refractivity (Wildman–Crippen MR) is 97.8 cm³/mol. The van der Waals surface area contributed by atoms with Crippen LogP contribution in [0.4, 0.5) is 0 Å². The minimum absolute atomic E-state index is 0.377. The number of aromatic hydroxyl groups is 2. The molecule has 0 bridgehead atoms. The lowest BCUT2D eigenvalue weighted by Crippen LogP contribution is -2.27. The predicted octanol–water partition coefficient (Wildman–Crippen LogP) is 1.16. The molecular formula is C15H16O11S3. The van der Waals surface area contributed by atoms with E-state index in [1.165, 1.54) is 0 Å². The fourth-order valence-electron chi connectivity index (χ4n) is 2.97. The molecule has 0 saturated carbocycles. The lowest BCUT2D eigenvalue weighted by molar-refractivity contribution is 0.447. The molecule has 0 heterocycles. The fraction of sp³-hybridized carbons (Fsp3) is 0.200. The van der Waals surface area contributed by atoms with Gasteiger partial charge in [0.15, 0.2) is 0 Å². The molecule has 29 heavy (non-hydrogen) atoms. The molecule has 0 atom stereocenters. The number of phenolic OH excluding ortho intramolecular Hbond substituents is 2. The third-order valence-electron chi connectivity index (χ3n) is 4.15. The Kier molecular flexibility index (Phi) is 5.51. The first-order valence-electron chi connectivity index (χ1n) is 7.50. The molecule has 2 rings (SSSR count). The molecule has 2 aromatic carbocycles. The van der Waals surface area contributed by atoms with Gasteiger partial charge in [0.2, 0.25) is 0 Å². The van der Waals surface area contributed by atoms with Crippen LogP contribution in [0, 0.1) is 0 Å². The Bertz CT molecular complexity index is 1250. The number of rotatable bonds is 5. The Morgan fingerprint density at radius 2 is 1.03 bits per heavy atom. The first-order chi connectivity index (χ1) is 12.9. The van der Waals surface area contributed by atoms with E-state index in [1.807, 2.05) is 0 Å². The Morgan fingerprint density at radius 3 is 1.41 bits per heavy atom. The Balaban J connectivity index is 3.13. The molecular weight excluding hydrogens is 452 g/mol. The van der Waals surface area contributed by atoms with E-state index in [-0.39, 0.29) is 5.56 Å². The monoisotopic (exact) mass is 468 g/mol. The van der Waals surface area contributed by atoms with Gasteiger partial charge in [0.1, 0.15) is 26.2 Å². The zero-order valence-corrected chi connectivity index (χ0v) is 17.2. The molecule has 14 heteroatoms. The van der Waals surface area contributed by atoms with Crippen LogP contribution in [0.25, 0.3) is 0 Å². The maximum absolute atomic E-state index is 11.9. The molecule has 0 aliphatic carbocycles. The standard InChI is InChI=1S/C15H16O11S3/c1-15(2,10-4-3-8(16)5-11(10)27(18,19)20)14-12(28(21,22)23)6-9(17)7-13(14)29(24,25)26/h3-7,16-17H,1-2H3,(H,18,19,20)(H,21,22,23)(H,24,25,26). The van der Waals surface area contributed by atoms with Gasteiger partial charge in [0, 0.05) is 29.2 Å². The topological polar surface area (TPSA) is 204 Å². The van der Waals surface area contributed by atoms with Crippen molar-refractivity contribution >= 4 is 30.4 Å². The Labute approximate surface area is 166 Å². The molecule has 0 spiro atoms. The SMILES string of the molecule is CC(C)(c1ccc(O)cc1S(=O)(=O)O)c1c(S(=O)(=O)O)cc(O)cc1S(=O)(=O)O. The summed E-state index contributed by atoms with van der Waals surface area (Å²) in [5.74, 6) is -1.50. The summed E-state index contributed by atoms with van der Waals surface area (Å²) in [6.45, 7) is 2.29. The van der Waals surface area contributed by atoms with Crippen LogP contribution in [-0.4, -0.2) is 49.1 Å². The van der Waals surface area contributed by atoms with E-state index in [9.17, 15) is 49.1 Å². The van der Waals surface area contributed by atoms with Crippen molar-refractivity contribution in [2.24, 2.45) is 0 Å². The van der Waals surface area contributed by atoms with Crippen LogP contribution in [-0.2, 0) is 35.8 Å². The second-order valence-corrected chi connectivity index (χ2v) is 10.7. The summed E-state index contributed by atoms with van der Waals surface area (Å²) in [6, 6.07) is 3.63. The highest BCUT2D eigenvalue weighted by molar-refractivity contribution is 7.87. The second-order valence-electron chi connectivity index (χ2n) is 6.55. The quantitative estimate of drug-likeness (QED) is 0.394. The van der Waals surface area contributed by atoms with Crippen LogP contribution in [0.1, 0.15) is 25.0 Å². The van der Waals surface area contributed by atoms with Crippen LogP contribution in [0.5, 0.6) is 11.5 Å². The van der Waals surface area contributed by atoms with Gasteiger partial charge in [-0.25, -0.2) is 0 Å². The zero-order chi connectivity index (χ0) is 22.6. The molecule has 0 fully saturated rings. The molecule has 0 saturated heterocycles. The van der Waals surface area contributed by atoms with Crippen molar-refractivity contribution in [3.63, 3.8) is 0 Å². The van der Waals surface area contributed by atoms with Crippen LogP contribution < -0.4 is 0 Å². The lowest BCUT2D eigenvalue weighted by Gasteiger charge is -2.30. The maximum atomic E-state index is 11.9. The van der Waals surface area contributed by atoms with Crippen LogP contribution in [0.15, 0.2) is 45.0 Å². The van der Waals surface area contributed by atoms with E-state index in [0.717, 1.165) is 26.0 Å². The van der Waals surface area contributed by atoms with Gasteiger partial charge in [0.25, 0.3) is 30.4 Å². The number of hydrogen-bond donors (Lipinski definition) is 5. The van der Waals surface area contributed by atoms with Crippen molar-refractivity contribution in [3.8, 4) is 11.5 Å². The summed E-state index contributed by atoms with van der Waals surface area (Å²) in [7, 11) is -15.4. The summed E-state index contributed by atoms with van der Waals surface area (Å²) in [5, 5.41) is 19.2. The number of phenols is 2. The first-order valence-corrected chi connectivity index (χ1v) is 11.8. The van der Waals surface area contributed by atoms with E-state index in [0.29, 0.717) is 18.2 Å². The van der Waals surface area contributed by atoms with Crippen molar-refractivity contribution in [1.82, 2.24) is 0 Å². The van der Waals surface area contributed by atoms with E-state index in [2.05, 4.69) is 0 Å². The van der Waals surface area contributed by atoms with E-state index in [1.54, 1.807) is 0 Å². The summed E-state index contributed by atoms with van der Waals surface area (Å²) in [6.07, 6.45) is 0. The van der Waals surface area contributed by atoms with E-state index in [4.69, 9.17) is 0 Å². The highest BCUT2D eigenvalue weighted by atomic mass is 32.2. The number of benzene rings is 2. The average Bonchev–Trinajstić information content (AvgIpc) is 2.51. The normalized spacial score (nSPS) is 13.4. The van der Waals surface area contributed by atoms with Gasteiger partial charge in [-0.15, -0.1) is 0 Å². The van der Waals surface area contributed by atoms with Crippen LogP contribution in [0.3, 0.4) is 0 Å². The van der Waals surface area contributed by atoms with Gasteiger partial charge in [-0.1, -0.05) is 19.9 Å². The van der Waals surface area contributed by atoms with Gasteiger partial charge in [-0.2, -0.15) is 25.3 Å². The third kappa shape index (κ3) is 4.52. The molecule has 5 N–H and O–H groups in total. The maximum Gasteiger partial charge on any atom is 0.295 e. The van der Waals surface area contributed by atoms with E-state index >= 15 is 0 Å². The van der Waals surface area contributed by atoms with Crippen molar-refractivity contribution in [1.29, 1.82) is 0 Å². The fourth-order valence-corrected chi connectivity index (χ4v) is 5.70. The Hall–Kier alpha value is -2.23. The minimum Gasteiger partial charge on any atom is -0.508 e. The molecule has 0 radical (unpaired) electrons. The zero-order valence-electron chi connectivity index (χ0n) is 14.8. The smallest absolute Gasteiger partial charge is 0.295 e. The Morgan fingerprint density at radius 1 is 0.655 bits per heavy atom. The van der Waals surface area contributed by atoms with Gasteiger partial charge in [-0.05, 0) is 11.6 Å². The largest absolute Gasteiger partial charge is 0.508 e. The number of hydrogen-bond acceptors (Lipinski definition) is 8. The highest BCUT2D eigenvalue weighted by Gasteiger charge is 2.39. The summed E-state index contributed by atoms with van der Waals surface area (Å²) in [5.41, 5.74) is -3.09. The molecule has 0 unspecified atom stereocenters. The van der Waals surface area contributed by atoms with Crippen molar-refractivity contribution < 1.29 is 49.1 Å². The summed E-state index contributed by atoms with van der Waals surface area (Å²) in [4.78, 5) is -3.12. The van der Waals surface area contributed by atoms with Crippen molar-refractivity contribution in [2.45, 2.75) is 33.9 Å². The van der Waals surface area contributed by atoms with Crippen LogP contribution in [0.2, 0.25) is 0 Å². The lowest BCUT2D eigenvalue weighted by atomic mass is 9.78. The summed E-state index contributed by atoms with van der Waals surface area (Å²) < 4.78 is 99.6.